The van der Waals surface area contributed by atoms with E-state index in [4.69, 9.17) is 4.74 Å². The second-order valence-electron chi connectivity index (χ2n) is 2.74. The van der Waals surface area contributed by atoms with Crippen LogP contribution in [0.5, 0.6) is 0 Å². The van der Waals surface area contributed by atoms with Crippen LogP contribution in [-0.4, -0.2) is 17.1 Å². The van der Waals surface area contributed by atoms with Gasteiger partial charge in [-0.1, -0.05) is 12.7 Å². The summed E-state index contributed by atoms with van der Waals surface area (Å²) in [4.78, 5) is 15.3. The van der Waals surface area contributed by atoms with Crippen LogP contribution in [0.15, 0.2) is 35.6 Å². The molecule has 1 aromatic heterocycles. The zero-order chi connectivity index (χ0) is 10.6. The molecule has 1 rings (SSSR count). The Labute approximate surface area is 90.9 Å². The quantitative estimate of drug-likeness (QED) is 0.616. The molecule has 1 atom stereocenters. The molecule has 3 nitrogen and oxygen atoms in total. The van der Waals surface area contributed by atoms with Crippen LogP contribution in [0.3, 0.4) is 0 Å². The molecule has 0 spiro atoms. The Morgan fingerprint density at radius 2 is 2.43 bits per heavy atom. The van der Waals surface area contributed by atoms with E-state index in [1.165, 1.54) is 6.20 Å². The van der Waals surface area contributed by atoms with E-state index in [1.807, 2.05) is 0 Å². The molecule has 0 saturated carbocycles. The van der Waals surface area contributed by atoms with E-state index >= 15 is 0 Å². The van der Waals surface area contributed by atoms with Crippen LogP contribution in [0, 0.1) is 0 Å². The molecule has 0 radical (unpaired) electrons. The lowest BCUT2D eigenvalue weighted by Gasteiger charge is -2.08. The van der Waals surface area contributed by atoms with Gasteiger partial charge in [0.05, 0.1) is 5.56 Å². The van der Waals surface area contributed by atoms with Crippen molar-refractivity contribution in [2.45, 2.75) is 13.0 Å². The third kappa shape index (κ3) is 2.96. The first kappa shape index (κ1) is 10.9. The van der Waals surface area contributed by atoms with Gasteiger partial charge in [0.25, 0.3) is 0 Å². The summed E-state index contributed by atoms with van der Waals surface area (Å²) >= 11 is 3.22. The molecule has 1 aromatic rings. The van der Waals surface area contributed by atoms with Gasteiger partial charge in [-0.15, -0.1) is 0 Å². The first-order valence-corrected chi connectivity index (χ1v) is 4.87. The molecule has 0 aromatic carbocycles. The number of carbonyl (C=O) groups is 1. The summed E-state index contributed by atoms with van der Waals surface area (Å²) in [6.07, 6.45) is 4.33. The third-order valence-electron chi connectivity index (χ3n) is 1.57. The van der Waals surface area contributed by atoms with Crippen molar-refractivity contribution in [2.75, 3.05) is 0 Å². The van der Waals surface area contributed by atoms with E-state index in [2.05, 4.69) is 27.5 Å². The monoisotopic (exact) mass is 255 g/mol. The molecule has 0 aliphatic heterocycles. The number of ether oxygens (including phenoxy) is 1. The van der Waals surface area contributed by atoms with Crippen molar-refractivity contribution < 1.29 is 9.53 Å². The fraction of sp³-hybridized carbons (Fsp3) is 0.200. The van der Waals surface area contributed by atoms with E-state index in [9.17, 15) is 4.79 Å². The highest BCUT2D eigenvalue weighted by molar-refractivity contribution is 9.10. The minimum absolute atomic E-state index is 0.290. The lowest BCUT2D eigenvalue weighted by Crippen LogP contribution is -2.12. The van der Waals surface area contributed by atoms with Crippen molar-refractivity contribution in [3.8, 4) is 0 Å². The van der Waals surface area contributed by atoms with Crippen LogP contribution in [0.25, 0.3) is 0 Å². The van der Waals surface area contributed by atoms with Gasteiger partial charge in [-0.25, -0.2) is 4.79 Å². The number of carbonyl (C=O) groups excluding carboxylic acids is 1. The van der Waals surface area contributed by atoms with E-state index in [-0.39, 0.29) is 6.10 Å². The molecular formula is C10H10BrNO2. The first-order chi connectivity index (χ1) is 6.63. The van der Waals surface area contributed by atoms with Crippen molar-refractivity contribution in [1.82, 2.24) is 4.98 Å². The maximum atomic E-state index is 11.4. The molecule has 1 unspecified atom stereocenters. The molecule has 4 heteroatoms. The number of pyridine rings is 1. The zero-order valence-corrected chi connectivity index (χ0v) is 9.32. The van der Waals surface area contributed by atoms with E-state index in [0.717, 1.165) is 4.47 Å². The standard InChI is InChI=1S/C10H10BrNO2/c1-3-7(2)14-10(13)8-4-9(11)6-12-5-8/h3-7H,1H2,2H3. The summed E-state index contributed by atoms with van der Waals surface area (Å²) < 4.78 is 5.77. The Morgan fingerprint density at radius 1 is 1.71 bits per heavy atom. The number of hydrogen-bond donors (Lipinski definition) is 0. The second kappa shape index (κ2) is 4.91. The van der Waals surface area contributed by atoms with E-state index in [1.54, 1.807) is 25.3 Å². The zero-order valence-electron chi connectivity index (χ0n) is 7.74. The normalized spacial score (nSPS) is 11.9. The number of hydrogen-bond acceptors (Lipinski definition) is 3. The van der Waals surface area contributed by atoms with Crippen LogP contribution in [0.4, 0.5) is 0 Å². The molecule has 0 bridgehead atoms. The van der Waals surface area contributed by atoms with Crippen molar-refractivity contribution in [3.63, 3.8) is 0 Å². The van der Waals surface area contributed by atoms with Crippen LogP contribution >= 0.6 is 15.9 Å². The van der Waals surface area contributed by atoms with Gasteiger partial charge in [0.15, 0.2) is 0 Å². The Bertz CT molecular complexity index is 352. The minimum Gasteiger partial charge on any atom is -0.455 e. The number of halogens is 1. The first-order valence-electron chi connectivity index (χ1n) is 4.07. The molecule has 14 heavy (non-hydrogen) atoms. The lowest BCUT2D eigenvalue weighted by atomic mass is 10.3. The predicted octanol–water partition coefficient (Wildman–Crippen LogP) is 2.58. The number of rotatable bonds is 3. The van der Waals surface area contributed by atoms with Gasteiger partial charge in [0.2, 0.25) is 0 Å². The van der Waals surface area contributed by atoms with Gasteiger partial charge in [0, 0.05) is 16.9 Å². The molecule has 74 valence electrons. The van der Waals surface area contributed by atoms with Gasteiger partial charge in [-0.3, -0.25) is 4.98 Å². The molecule has 0 aliphatic carbocycles. The molecule has 1 heterocycles. The molecule has 0 N–H and O–H groups in total. The van der Waals surface area contributed by atoms with Crippen molar-refractivity contribution >= 4 is 21.9 Å². The summed E-state index contributed by atoms with van der Waals surface area (Å²) in [7, 11) is 0. The second-order valence-corrected chi connectivity index (χ2v) is 3.65. The number of esters is 1. The minimum atomic E-state index is -0.397. The number of nitrogens with zero attached hydrogens (tertiary/aromatic N) is 1. The number of aromatic nitrogens is 1. The van der Waals surface area contributed by atoms with Crippen molar-refractivity contribution in [1.29, 1.82) is 0 Å². The largest absolute Gasteiger partial charge is 0.455 e. The fourth-order valence-electron chi connectivity index (χ4n) is 0.808. The van der Waals surface area contributed by atoms with Crippen LogP contribution in [0.2, 0.25) is 0 Å². The van der Waals surface area contributed by atoms with Crippen molar-refractivity contribution in [2.24, 2.45) is 0 Å². The third-order valence-corrected chi connectivity index (χ3v) is 2.00. The van der Waals surface area contributed by atoms with Gasteiger partial charge in [-0.05, 0) is 28.9 Å². The molecule has 0 fully saturated rings. The Hall–Kier alpha value is -1.16. The summed E-state index contributed by atoms with van der Waals surface area (Å²) in [5.74, 6) is -0.397. The van der Waals surface area contributed by atoms with Crippen molar-refractivity contribution in [3.05, 3.63) is 41.2 Å². The Morgan fingerprint density at radius 3 is 3.00 bits per heavy atom. The fourth-order valence-corrected chi connectivity index (χ4v) is 1.17. The summed E-state index contributed by atoms with van der Waals surface area (Å²) in [6.45, 7) is 5.27. The highest BCUT2D eigenvalue weighted by Gasteiger charge is 2.10. The molecular weight excluding hydrogens is 246 g/mol. The smallest absolute Gasteiger partial charge is 0.340 e. The maximum Gasteiger partial charge on any atom is 0.340 e. The Kier molecular flexibility index (Phi) is 3.83. The van der Waals surface area contributed by atoms with E-state index < -0.39 is 5.97 Å². The van der Waals surface area contributed by atoms with Gasteiger partial charge in [0.1, 0.15) is 6.10 Å². The topological polar surface area (TPSA) is 39.2 Å². The SMILES string of the molecule is C=CC(C)OC(=O)c1cncc(Br)c1. The van der Waals surface area contributed by atoms with Crippen LogP contribution in [-0.2, 0) is 4.74 Å². The molecule has 0 aliphatic rings. The highest BCUT2D eigenvalue weighted by Crippen LogP contribution is 2.11. The average Bonchev–Trinajstić information content (AvgIpc) is 2.17. The van der Waals surface area contributed by atoms with Gasteiger partial charge in [-0.2, -0.15) is 0 Å². The predicted molar refractivity (Wildman–Crippen MR) is 57.0 cm³/mol. The summed E-state index contributed by atoms with van der Waals surface area (Å²) in [5, 5.41) is 0. The van der Waals surface area contributed by atoms with Crippen LogP contribution < -0.4 is 0 Å². The molecule has 0 saturated heterocycles. The molecule has 0 amide bonds. The van der Waals surface area contributed by atoms with E-state index in [0.29, 0.717) is 5.56 Å². The highest BCUT2D eigenvalue weighted by atomic mass is 79.9. The van der Waals surface area contributed by atoms with Crippen LogP contribution in [0.1, 0.15) is 17.3 Å². The average molecular weight is 256 g/mol. The van der Waals surface area contributed by atoms with Gasteiger partial charge >= 0.3 is 5.97 Å². The summed E-state index contributed by atoms with van der Waals surface area (Å²) in [5.41, 5.74) is 0.424. The summed E-state index contributed by atoms with van der Waals surface area (Å²) in [6, 6.07) is 1.66. The van der Waals surface area contributed by atoms with Gasteiger partial charge < -0.3 is 4.74 Å². The maximum absolute atomic E-state index is 11.4. The lowest BCUT2D eigenvalue weighted by molar-refractivity contribution is 0.0424. The Balaban J connectivity index is 2.74.